The molecule has 1 saturated carbocycles. The minimum absolute atomic E-state index is 0.00996. The number of nitrogens with zero attached hydrogens (tertiary/aromatic N) is 2. The number of halogens is 1. The minimum Gasteiger partial charge on any atom is -0.368 e. The predicted molar refractivity (Wildman–Crippen MR) is 109 cm³/mol. The molecule has 1 aromatic carbocycles. The highest BCUT2D eigenvalue weighted by Crippen LogP contribution is 2.29. The average molecular weight is 390 g/mol. The summed E-state index contributed by atoms with van der Waals surface area (Å²) in [6, 6.07) is 6.69. The monoisotopic (exact) mass is 389 g/mol. The maximum atomic E-state index is 13.1. The zero-order valence-electron chi connectivity index (χ0n) is 17.0. The van der Waals surface area contributed by atoms with Gasteiger partial charge in [-0.15, -0.1) is 0 Å². The first-order valence-corrected chi connectivity index (χ1v) is 10.5. The van der Waals surface area contributed by atoms with Crippen LogP contribution in [0.15, 0.2) is 24.3 Å². The maximum absolute atomic E-state index is 13.1. The van der Waals surface area contributed by atoms with Gasteiger partial charge in [-0.1, -0.05) is 26.7 Å². The average Bonchev–Trinajstić information content (AvgIpc) is 2.70. The van der Waals surface area contributed by atoms with Crippen LogP contribution in [0.4, 0.5) is 10.1 Å². The highest BCUT2D eigenvalue weighted by molar-refractivity contribution is 5.84. The summed E-state index contributed by atoms with van der Waals surface area (Å²) in [6.45, 7) is 7.17. The van der Waals surface area contributed by atoms with Crippen LogP contribution in [0, 0.1) is 17.7 Å². The van der Waals surface area contributed by atoms with Crippen molar-refractivity contribution in [2.45, 2.75) is 52.0 Å². The Bertz CT molecular complexity index is 671. The molecule has 0 spiro atoms. The third-order valence-corrected chi connectivity index (χ3v) is 6.44. The standard InChI is InChI=1S/C22H32FN3O2/c1-16-4-3-5-20(17(16)2)24-21(27)10-11-22(28)26-14-12-25(13-15-26)19-8-6-18(23)7-9-19/h6-9,16-17,20H,3-5,10-15H2,1-2H3,(H,24,27)/t16-,17+,20-/m1/s1. The Hall–Kier alpha value is -2.11. The highest BCUT2D eigenvalue weighted by atomic mass is 19.1. The Labute approximate surface area is 167 Å². The minimum atomic E-state index is -0.243. The molecule has 3 rings (SSSR count). The van der Waals surface area contributed by atoms with Crippen molar-refractivity contribution in [2.24, 2.45) is 11.8 Å². The van der Waals surface area contributed by atoms with E-state index in [0.717, 1.165) is 31.6 Å². The Morgan fingerprint density at radius 3 is 2.39 bits per heavy atom. The molecule has 0 aromatic heterocycles. The lowest BCUT2D eigenvalue weighted by Gasteiger charge is -2.36. The molecule has 1 aliphatic heterocycles. The smallest absolute Gasteiger partial charge is 0.223 e. The summed E-state index contributed by atoms with van der Waals surface area (Å²) in [6.07, 6.45) is 3.95. The Morgan fingerprint density at radius 2 is 1.71 bits per heavy atom. The Morgan fingerprint density at radius 1 is 1.04 bits per heavy atom. The number of rotatable bonds is 5. The molecule has 3 atom stereocenters. The third kappa shape index (κ3) is 5.24. The van der Waals surface area contributed by atoms with E-state index in [1.165, 1.54) is 18.6 Å². The molecule has 1 heterocycles. The molecule has 0 radical (unpaired) electrons. The van der Waals surface area contributed by atoms with Gasteiger partial charge >= 0.3 is 0 Å². The lowest BCUT2D eigenvalue weighted by molar-refractivity contribution is -0.134. The van der Waals surface area contributed by atoms with Crippen LogP contribution < -0.4 is 10.2 Å². The van der Waals surface area contributed by atoms with Crippen LogP contribution >= 0.6 is 0 Å². The first-order valence-electron chi connectivity index (χ1n) is 10.5. The molecule has 1 N–H and O–H groups in total. The summed E-state index contributed by atoms with van der Waals surface area (Å²) in [5.74, 6) is 0.919. The van der Waals surface area contributed by atoms with Gasteiger partial charge in [0.05, 0.1) is 0 Å². The topological polar surface area (TPSA) is 52.7 Å². The lowest BCUT2D eigenvalue weighted by Crippen LogP contribution is -2.49. The van der Waals surface area contributed by atoms with Crippen molar-refractivity contribution in [2.75, 3.05) is 31.1 Å². The molecule has 5 nitrogen and oxygen atoms in total. The summed E-state index contributed by atoms with van der Waals surface area (Å²) in [5, 5.41) is 3.14. The largest absolute Gasteiger partial charge is 0.368 e. The van der Waals surface area contributed by atoms with E-state index in [-0.39, 0.29) is 36.5 Å². The summed E-state index contributed by atoms with van der Waals surface area (Å²) in [5.41, 5.74) is 0.976. The summed E-state index contributed by atoms with van der Waals surface area (Å²) in [4.78, 5) is 28.8. The molecule has 1 aromatic rings. The molecule has 154 valence electrons. The number of carbonyl (C=O) groups excluding carboxylic acids is 2. The first kappa shape index (κ1) is 20.6. The summed E-state index contributed by atoms with van der Waals surface area (Å²) < 4.78 is 13.1. The molecule has 2 amide bonds. The van der Waals surface area contributed by atoms with E-state index >= 15 is 0 Å². The number of carbonyl (C=O) groups is 2. The van der Waals surface area contributed by atoms with Gasteiger partial charge in [-0.3, -0.25) is 9.59 Å². The van der Waals surface area contributed by atoms with Crippen LogP contribution in [0.1, 0.15) is 46.0 Å². The van der Waals surface area contributed by atoms with Gasteiger partial charge in [0.1, 0.15) is 5.82 Å². The van der Waals surface area contributed by atoms with E-state index in [9.17, 15) is 14.0 Å². The van der Waals surface area contributed by atoms with Gasteiger partial charge in [0.25, 0.3) is 0 Å². The van der Waals surface area contributed by atoms with Gasteiger partial charge in [0.2, 0.25) is 11.8 Å². The SMILES string of the molecule is C[C@H]1[C@H](C)CCC[C@H]1NC(=O)CCC(=O)N1CCN(c2ccc(F)cc2)CC1. The number of piperazine rings is 1. The Kier molecular flexibility index (Phi) is 6.92. The molecule has 1 saturated heterocycles. The van der Waals surface area contributed by atoms with E-state index in [4.69, 9.17) is 0 Å². The number of anilines is 1. The highest BCUT2D eigenvalue weighted by Gasteiger charge is 2.28. The van der Waals surface area contributed by atoms with Crippen molar-refractivity contribution in [3.8, 4) is 0 Å². The fraction of sp³-hybridized carbons (Fsp3) is 0.636. The Balaban J connectivity index is 1.39. The van der Waals surface area contributed by atoms with Crippen molar-refractivity contribution in [3.63, 3.8) is 0 Å². The van der Waals surface area contributed by atoms with Gasteiger partial charge < -0.3 is 15.1 Å². The van der Waals surface area contributed by atoms with E-state index in [1.54, 1.807) is 12.1 Å². The molecule has 6 heteroatoms. The maximum Gasteiger partial charge on any atom is 0.223 e. The summed E-state index contributed by atoms with van der Waals surface area (Å²) >= 11 is 0. The molecular formula is C22H32FN3O2. The van der Waals surface area contributed by atoms with Gasteiger partial charge in [-0.25, -0.2) is 4.39 Å². The molecular weight excluding hydrogens is 357 g/mol. The zero-order valence-corrected chi connectivity index (χ0v) is 17.0. The van der Waals surface area contributed by atoms with Crippen LogP contribution in [0.3, 0.4) is 0 Å². The second-order valence-electron chi connectivity index (χ2n) is 8.29. The van der Waals surface area contributed by atoms with Crippen molar-refractivity contribution in [3.05, 3.63) is 30.1 Å². The second kappa shape index (κ2) is 9.39. The predicted octanol–water partition coefficient (Wildman–Crippen LogP) is 3.20. The van der Waals surface area contributed by atoms with E-state index in [2.05, 4.69) is 24.1 Å². The molecule has 1 aliphatic carbocycles. The molecule has 0 unspecified atom stereocenters. The van der Waals surface area contributed by atoms with Gasteiger partial charge in [0, 0.05) is 50.7 Å². The summed E-state index contributed by atoms with van der Waals surface area (Å²) in [7, 11) is 0. The van der Waals surface area contributed by atoms with E-state index < -0.39 is 0 Å². The van der Waals surface area contributed by atoms with Crippen LogP contribution in [-0.2, 0) is 9.59 Å². The fourth-order valence-electron chi connectivity index (χ4n) is 4.31. The molecule has 28 heavy (non-hydrogen) atoms. The van der Waals surface area contributed by atoms with Crippen LogP contribution in [0.2, 0.25) is 0 Å². The molecule has 2 fully saturated rings. The fourth-order valence-corrected chi connectivity index (χ4v) is 4.31. The lowest BCUT2D eigenvalue weighted by atomic mass is 9.78. The van der Waals surface area contributed by atoms with Gasteiger partial charge in [-0.05, 0) is 42.5 Å². The quantitative estimate of drug-likeness (QED) is 0.841. The van der Waals surface area contributed by atoms with Crippen molar-refractivity contribution in [1.82, 2.24) is 10.2 Å². The second-order valence-corrected chi connectivity index (χ2v) is 8.29. The first-order chi connectivity index (χ1) is 13.4. The number of nitrogens with one attached hydrogen (secondary N) is 1. The van der Waals surface area contributed by atoms with E-state index in [0.29, 0.717) is 24.9 Å². The number of benzene rings is 1. The van der Waals surface area contributed by atoms with Crippen molar-refractivity contribution < 1.29 is 14.0 Å². The van der Waals surface area contributed by atoms with Crippen molar-refractivity contribution >= 4 is 17.5 Å². The van der Waals surface area contributed by atoms with Crippen LogP contribution in [0.25, 0.3) is 0 Å². The molecule has 2 aliphatic rings. The number of hydrogen-bond acceptors (Lipinski definition) is 3. The van der Waals surface area contributed by atoms with Gasteiger partial charge in [-0.2, -0.15) is 0 Å². The van der Waals surface area contributed by atoms with Crippen LogP contribution in [0.5, 0.6) is 0 Å². The normalized spacial score (nSPS) is 25.5. The van der Waals surface area contributed by atoms with E-state index in [1.807, 2.05) is 4.90 Å². The van der Waals surface area contributed by atoms with Gasteiger partial charge in [0.15, 0.2) is 0 Å². The zero-order chi connectivity index (χ0) is 20.1. The van der Waals surface area contributed by atoms with Crippen molar-refractivity contribution in [1.29, 1.82) is 0 Å². The third-order valence-electron chi connectivity index (χ3n) is 6.44. The van der Waals surface area contributed by atoms with Crippen LogP contribution in [-0.4, -0.2) is 48.9 Å². The number of hydrogen-bond donors (Lipinski definition) is 1. The number of amides is 2. The molecule has 0 bridgehead atoms.